The summed E-state index contributed by atoms with van der Waals surface area (Å²) < 4.78 is 27.7. The van der Waals surface area contributed by atoms with Crippen LogP contribution < -0.4 is 4.74 Å². The van der Waals surface area contributed by atoms with Crippen LogP contribution in [0.3, 0.4) is 0 Å². The zero-order chi connectivity index (χ0) is 14.0. The summed E-state index contributed by atoms with van der Waals surface area (Å²) >= 11 is 0. The van der Waals surface area contributed by atoms with Gasteiger partial charge < -0.3 is 9.84 Å². The molecule has 0 bridgehead atoms. The number of sulfone groups is 1. The zero-order valence-electron chi connectivity index (χ0n) is 10.6. The molecule has 2 aromatic rings. The number of rotatable bonds is 3. The normalized spacial score (nSPS) is 11.3. The average Bonchev–Trinajstić information content (AvgIpc) is 2.37. The van der Waals surface area contributed by atoms with Gasteiger partial charge in [0.25, 0.3) is 0 Å². The van der Waals surface area contributed by atoms with Crippen LogP contribution in [0.5, 0.6) is 11.5 Å². The molecule has 0 saturated heterocycles. The number of methoxy groups -OCH3 is 1. The Kier molecular flexibility index (Phi) is 3.48. The molecule has 0 spiro atoms. The van der Waals surface area contributed by atoms with Crippen LogP contribution in [0.4, 0.5) is 0 Å². The summed E-state index contributed by atoms with van der Waals surface area (Å²) in [6, 6.07) is 11.3. The Balaban J connectivity index is 2.43. The molecule has 19 heavy (non-hydrogen) atoms. The van der Waals surface area contributed by atoms with Gasteiger partial charge >= 0.3 is 0 Å². The summed E-state index contributed by atoms with van der Waals surface area (Å²) in [4.78, 5) is 0.254. The maximum absolute atomic E-state index is 11.4. The van der Waals surface area contributed by atoms with Crippen molar-refractivity contribution < 1.29 is 18.3 Å². The first-order valence-corrected chi connectivity index (χ1v) is 7.48. The van der Waals surface area contributed by atoms with Crippen molar-refractivity contribution in [3.8, 4) is 22.6 Å². The van der Waals surface area contributed by atoms with Gasteiger partial charge in [-0.1, -0.05) is 12.1 Å². The molecular weight excluding hydrogens is 264 g/mol. The monoisotopic (exact) mass is 278 g/mol. The summed E-state index contributed by atoms with van der Waals surface area (Å²) in [6.07, 6.45) is 1.16. The van der Waals surface area contributed by atoms with E-state index in [1.165, 1.54) is 25.3 Å². The van der Waals surface area contributed by atoms with E-state index in [4.69, 9.17) is 4.74 Å². The van der Waals surface area contributed by atoms with Crippen molar-refractivity contribution in [2.45, 2.75) is 4.90 Å². The van der Waals surface area contributed by atoms with Gasteiger partial charge in [0.15, 0.2) is 9.84 Å². The second kappa shape index (κ2) is 4.93. The van der Waals surface area contributed by atoms with E-state index in [2.05, 4.69) is 0 Å². The molecule has 0 saturated carbocycles. The van der Waals surface area contributed by atoms with Gasteiger partial charge in [-0.3, -0.25) is 0 Å². The van der Waals surface area contributed by atoms with Gasteiger partial charge in [-0.05, 0) is 29.8 Å². The third kappa shape index (κ3) is 2.88. The Hall–Kier alpha value is -2.01. The molecule has 4 nitrogen and oxygen atoms in total. The molecule has 5 heteroatoms. The predicted octanol–water partition coefficient (Wildman–Crippen LogP) is 2.47. The van der Waals surface area contributed by atoms with Crippen LogP contribution in [0.15, 0.2) is 47.4 Å². The average molecular weight is 278 g/mol. The van der Waals surface area contributed by atoms with Crippen LogP contribution in [-0.4, -0.2) is 26.9 Å². The molecule has 2 rings (SSSR count). The maximum Gasteiger partial charge on any atom is 0.175 e. The fourth-order valence-electron chi connectivity index (χ4n) is 1.76. The third-order valence-electron chi connectivity index (χ3n) is 2.80. The number of aromatic hydroxyl groups is 1. The fourth-order valence-corrected chi connectivity index (χ4v) is 2.39. The van der Waals surface area contributed by atoms with E-state index in [0.29, 0.717) is 11.3 Å². The molecule has 0 aliphatic carbocycles. The number of ether oxygens (including phenoxy) is 1. The van der Waals surface area contributed by atoms with Gasteiger partial charge in [-0.25, -0.2) is 8.42 Å². The molecule has 0 fully saturated rings. The molecule has 0 aromatic heterocycles. The summed E-state index contributed by atoms with van der Waals surface area (Å²) in [6.45, 7) is 0. The molecule has 0 aliphatic heterocycles. The van der Waals surface area contributed by atoms with Crippen LogP contribution in [0.1, 0.15) is 0 Å². The quantitative estimate of drug-likeness (QED) is 0.936. The Labute approximate surface area is 112 Å². The van der Waals surface area contributed by atoms with Gasteiger partial charge in [0.2, 0.25) is 0 Å². The van der Waals surface area contributed by atoms with Crippen molar-refractivity contribution in [1.29, 1.82) is 0 Å². The summed E-state index contributed by atoms with van der Waals surface area (Å²) in [5, 5.41) is 9.91. The number of phenols is 1. The molecule has 0 radical (unpaired) electrons. The molecule has 100 valence electrons. The first-order valence-electron chi connectivity index (χ1n) is 5.59. The number of hydrogen-bond donors (Lipinski definition) is 1. The zero-order valence-corrected chi connectivity index (χ0v) is 11.4. The van der Waals surface area contributed by atoms with E-state index in [1.807, 2.05) is 0 Å². The highest BCUT2D eigenvalue weighted by molar-refractivity contribution is 7.90. The van der Waals surface area contributed by atoms with E-state index in [0.717, 1.165) is 11.8 Å². The van der Waals surface area contributed by atoms with E-state index in [1.54, 1.807) is 24.3 Å². The largest absolute Gasteiger partial charge is 0.507 e. The lowest BCUT2D eigenvalue weighted by Crippen LogP contribution is -1.96. The summed E-state index contributed by atoms with van der Waals surface area (Å²) in [5.74, 6) is 0.653. The molecule has 0 heterocycles. The minimum absolute atomic E-state index is 0.0893. The van der Waals surface area contributed by atoms with Crippen LogP contribution >= 0.6 is 0 Å². The SMILES string of the molecule is COc1ccc(-c2ccc(S(C)(=O)=O)cc2)c(O)c1. The Morgan fingerprint density at radius 3 is 2.16 bits per heavy atom. The van der Waals surface area contributed by atoms with Crippen LogP contribution in [-0.2, 0) is 9.84 Å². The smallest absolute Gasteiger partial charge is 0.175 e. The molecular formula is C14H14O4S. The molecule has 0 amide bonds. The molecule has 0 atom stereocenters. The standard InChI is InChI=1S/C14H14O4S/c1-18-11-5-8-13(14(15)9-11)10-3-6-12(7-4-10)19(2,16)17/h3-9,15H,1-2H3. The minimum atomic E-state index is -3.21. The Bertz CT molecular complexity index is 688. The second-order valence-electron chi connectivity index (χ2n) is 4.18. The highest BCUT2D eigenvalue weighted by atomic mass is 32.2. The first kappa shape index (κ1) is 13.4. The Morgan fingerprint density at radius 2 is 1.68 bits per heavy atom. The van der Waals surface area contributed by atoms with Gasteiger partial charge in [0, 0.05) is 17.9 Å². The van der Waals surface area contributed by atoms with Crippen molar-refractivity contribution in [3.63, 3.8) is 0 Å². The second-order valence-corrected chi connectivity index (χ2v) is 6.20. The molecule has 1 N–H and O–H groups in total. The molecule has 0 aliphatic rings. The van der Waals surface area contributed by atoms with Crippen molar-refractivity contribution in [2.24, 2.45) is 0 Å². The van der Waals surface area contributed by atoms with Gasteiger partial charge in [-0.2, -0.15) is 0 Å². The lowest BCUT2D eigenvalue weighted by molar-refractivity contribution is 0.408. The van der Waals surface area contributed by atoms with Crippen molar-refractivity contribution in [3.05, 3.63) is 42.5 Å². The highest BCUT2D eigenvalue weighted by Gasteiger charge is 2.09. The lowest BCUT2D eigenvalue weighted by atomic mass is 10.0. The van der Waals surface area contributed by atoms with Crippen LogP contribution in [0.25, 0.3) is 11.1 Å². The van der Waals surface area contributed by atoms with Gasteiger partial charge in [0.05, 0.1) is 12.0 Å². The minimum Gasteiger partial charge on any atom is -0.507 e. The highest BCUT2D eigenvalue weighted by Crippen LogP contribution is 2.32. The maximum atomic E-state index is 11.4. The lowest BCUT2D eigenvalue weighted by Gasteiger charge is -2.07. The van der Waals surface area contributed by atoms with Crippen molar-refractivity contribution >= 4 is 9.84 Å². The Morgan fingerprint density at radius 1 is 1.05 bits per heavy atom. The van der Waals surface area contributed by atoms with E-state index >= 15 is 0 Å². The fraction of sp³-hybridized carbons (Fsp3) is 0.143. The number of phenolic OH excluding ortho intramolecular Hbond substituents is 1. The molecule has 0 unspecified atom stereocenters. The van der Waals surface area contributed by atoms with Gasteiger partial charge in [-0.15, -0.1) is 0 Å². The first-order chi connectivity index (χ1) is 8.91. The predicted molar refractivity (Wildman–Crippen MR) is 73.2 cm³/mol. The summed E-state index contributed by atoms with van der Waals surface area (Å²) in [7, 11) is -1.68. The number of hydrogen-bond acceptors (Lipinski definition) is 4. The van der Waals surface area contributed by atoms with E-state index in [-0.39, 0.29) is 10.6 Å². The molecule has 2 aromatic carbocycles. The van der Waals surface area contributed by atoms with Crippen molar-refractivity contribution in [2.75, 3.05) is 13.4 Å². The third-order valence-corrected chi connectivity index (χ3v) is 3.93. The van der Waals surface area contributed by atoms with E-state index < -0.39 is 9.84 Å². The van der Waals surface area contributed by atoms with Crippen LogP contribution in [0.2, 0.25) is 0 Å². The number of benzene rings is 2. The summed E-state index contributed by atoms with van der Waals surface area (Å²) in [5.41, 5.74) is 1.37. The van der Waals surface area contributed by atoms with E-state index in [9.17, 15) is 13.5 Å². The van der Waals surface area contributed by atoms with Gasteiger partial charge in [0.1, 0.15) is 11.5 Å². The van der Waals surface area contributed by atoms with Crippen LogP contribution in [0, 0.1) is 0 Å². The topological polar surface area (TPSA) is 63.6 Å². The van der Waals surface area contributed by atoms with Crippen molar-refractivity contribution in [1.82, 2.24) is 0 Å².